The van der Waals surface area contributed by atoms with E-state index in [-0.39, 0.29) is 22.6 Å². The molecular weight excluding hydrogens is 330 g/mol. The fourth-order valence-corrected chi connectivity index (χ4v) is 8.16. The van der Waals surface area contributed by atoms with Gasteiger partial charge in [-0.1, -0.05) is 19.9 Å². The van der Waals surface area contributed by atoms with E-state index in [4.69, 9.17) is 9.47 Å². The summed E-state index contributed by atoms with van der Waals surface area (Å²) in [7, 11) is -2.09. The standard InChI is InChI=1S/C17H25NO5S/c1-16(2)11-7-8-17(16)10-24(20,21)18(13(17)9-11)15(19)12-5-4-6-14(22-3)23-12/h4,6,11-14H,5,7-10H2,1-3H3/t11-,12+,13-,14+,17-/m1/s1. The Balaban J connectivity index is 1.67. The summed E-state index contributed by atoms with van der Waals surface area (Å²) in [6, 6.07) is -0.209. The van der Waals surface area contributed by atoms with Crippen LogP contribution >= 0.6 is 0 Å². The molecule has 0 aromatic heterocycles. The zero-order valence-corrected chi connectivity index (χ0v) is 15.2. The van der Waals surface area contributed by atoms with E-state index in [0.717, 1.165) is 19.3 Å². The van der Waals surface area contributed by atoms with Crippen LogP contribution in [-0.2, 0) is 24.3 Å². The van der Waals surface area contributed by atoms with Crippen LogP contribution in [0.15, 0.2) is 12.2 Å². The van der Waals surface area contributed by atoms with Crippen molar-refractivity contribution in [2.75, 3.05) is 12.9 Å². The number of hydrogen-bond acceptors (Lipinski definition) is 5. The second-order valence-electron chi connectivity index (χ2n) is 8.15. The first kappa shape index (κ1) is 16.5. The molecule has 5 atom stereocenters. The topological polar surface area (TPSA) is 72.9 Å². The smallest absolute Gasteiger partial charge is 0.265 e. The van der Waals surface area contributed by atoms with Crippen LogP contribution in [0.5, 0.6) is 0 Å². The molecule has 6 nitrogen and oxygen atoms in total. The van der Waals surface area contributed by atoms with Crippen molar-refractivity contribution in [2.45, 2.75) is 58.0 Å². The third-order valence-electron chi connectivity index (χ3n) is 7.08. The van der Waals surface area contributed by atoms with E-state index >= 15 is 0 Å². The molecular formula is C17H25NO5S. The number of hydrogen-bond donors (Lipinski definition) is 0. The van der Waals surface area contributed by atoms with Gasteiger partial charge in [0.05, 0.1) is 11.8 Å². The Hall–Kier alpha value is -0.920. The Labute approximate surface area is 143 Å². The molecule has 7 heteroatoms. The Kier molecular flexibility index (Phi) is 3.48. The van der Waals surface area contributed by atoms with Gasteiger partial charge in [-0.25, -0.2) is 12.7 Å². The van der Waals surface area contributed by atoms with Gasteiger partial charge in [0.2, 0.25) is 10.0 Å². The first-order valence-corrected chi connectivity index (χ1v) is 10.2. The van der Waals surface area contributed by atoms with Crippen LogP contribution in [0.2, 0.25) is 0 Å². The zero-order valence-electron chi connectivity index (χ0n) is 14.4. The van der Waals surface area contributed by atoms with Gasteiger partial charge in [0.25, 0.3) is 5.91 Å². The number of sulfonamides is 1. The lowest BCUT2D eigenvalue weighted by atomic mass is 9.69. The third-order valence-corrected chi connectivity index (χ3v) is 8.99. The summed E-state index contributed by atoms with van der Waals surface area (Å²) >= 11 is 0. The summed E-state index contributed by atoms with van der Waals surface area (Å²) in [5.74, 6) is 0.162. The average molecular weight is 355 g/mol. The highest BCUT2D eigenvalue weighted by Crippen LogP contribution is 2.70. The van der Waals surface area contributed by atoms with E-state index in [2.05, 4.69) is 13.8 Å². The monoisotopic (exact) mass is 355 g/mol. The molecule has 2 heterocycles. The van der Waals surface area contributed by atoms with Gasteiger partial charge in [0.15, 0.2) is 6.29 Å². The minimum absolute atomic E-state index is 0.0395. The maximum absolute atomic E-state index is 13.0. The molecule has 0 radical (unpaired) electrons. The van der Waals surface area contributed by atoms with E-state index in [1.165, 1.54) is 11.4 Å². The van der Waals surface area contributed by atoms with Gasteiger partial charge < -0.3 is 9.47 Å². The lowest BCUT2D eigenvalue weighted by molar-refractivity contribution is -0.165. The fourth-order valence-electron chi connectivity index (χ4n) is 5.59. The van der Waals surface area contributed by atoms with Crippen LogP contribution < -0.4 is 0 Å². The fraction of sp³-hybridized carbons (Fsp3) is 0.824. The number of rotatable bonds is 2. The summed E-state index contributed by atoms with van der Waals surface area (Å²) in [5.41, 5.74) is -0.334. The molecule has 2 bridgehead atoms. The number of ether oxygens (including phenoxy) is 2. The van der Waals surface area contributed by atoms with E-state index in [9.17, 15) is 13.2 Å². The average Bonchev–Trinajstić information content (AvgIpc) is 3.01. The Morgan fingerprint density at radius 3 is 2.79 bits per heavy atom. The number of amides is 1. The van der Waals surface area contributed by atoms with Gasteiger partial charge in [0.1, 0.15) is 6.10 Å². The molecule has 1 saturated heterocycles. The summed E-state index contributed by atoms with van der Waals surface area (Å²) in [5, 5.41) is 0. The number of fused-ring (bicyclic) bond motifs is 1. The maximum Gasteiger partial charge on any atom is 0.265 e. The van der Waals surface area contributed by atoms with E-state index < -0.39 is 28.3 Å². The minimum atomic E-state index is -3.60. The van der Waals surface area contributed by atoms with Crippen molar-refractivity contribution >= 4 is 15.9 Å². The normalized spacial score (nSPS) is 44.7. The molecule has 1 spiro atoms. The Morgan fingerprint density at radius 1 is 1.38 bits per heavy atom. The number of carbonyl (C=O) groups excluding carboxylic acids is 1. The molecule has 2 aliphatic heterocycles. The number of carbonyl (C=O) groups is 1. The first-order valence-electron chi connectivity index (χ1n) is 8.64. The summed E-state index contributed by atoms with van der Waals surface area (Å²) in [6.45, 7) is 4.35. The summed E-state index contributed by atoms with van der Waals surface area (Å²) < 4.78 is 37.7. The van der Waals surface area contributed by atoms with Crippen LogP contribution in [0, 0.1) is 16.7 Å². The van der Waals surface area contributed by atoms with Crippen LogP contribution in [-0.4, -0.2) is 49.9 Å². The second kappa shape index (κ2) is 5.05. The molecule has 2 aliphatic carbocycles. The Morgan fingerprint density at radius 2 is 2.12 bits per heavy atom. The number of nitrogens with zero attached hydrogens (tertiary/aromatic N) is 1. The molecule has 3 fully saturated rings. The van der Waals surface area contributed by atoms with E-state index in [0.29, 0.717) is 12.3 Å². The predicted molar refractivity (Wildman–Crippen MR) is 87.4 cm³/mol. The highest BCUT2D eigenvalue weighted by Gasteiger charge is 2.72. The maximum atomic E-state index is 13.0. The van der Waals surface area contributed by atoms with Gasteiger partial charge in [-0.15, -0.1) is 0 Å². The molecule has 0 N–H and O–H groups in total. The van der Waals surface area contributed by atoms with Crippen molar-refractivity contribution in [3.63, 3.8) is 0 Å². The van der Waals surface area contributed by atoms with Gasteiger partial charge in [-0.05, 0) is 36.7 Å². The molecule has 134 valence electrons. The molecule has 4 rings (SSSR count). The first-order chi connectivity index (χ1) is 11.2. The summed E-state index contributed by atoms with van der Waals surface area (Å²) in [4.78, 5) is 13.0. The van der Waals surface area contributed by atoms with Gasteiger partial charge in [0, 0.05) is 18.9 Å². The predicted octanol–water partition coefficient (Wildman–Crippen LogP) is 1.67. The van der Waals surface area contributed by atoms with Crippen molar-refractivity contribution in [1.82, 2.24) is 4.31 Å². The van der Waals surface area contributed by atoms with Crippen molar-refractivity contribution in [3.8, 4) is 0 Å². The van der Waals surface area contributed by atoms with Crippen LogP contribution in [0.4, 0.5) is 0 Å². The summed E-state index contributed by atoms with van der Waals surface area (Å²) in [6.07, 6.45) is 5.31. The second-order valence-corrected chi connectivity index (χ2v) is 9.99. The quantitative estimate of drug-likeness (QED) is 0.705. The molecule has 2 saturated carbocycles. The van der Waals surface area contributed by atoms with Crippen LogP contribution in [0.3, 0.4) is 0 Å². The molecule has 0 unspecified atom stereocenters. The van der Waals surface area contributed by atoms with Gasteiger partial charge in [-0.3, -0.25) is 4.79 Å². The van der Waals surface area contributed by atoms with Crippen molar-refractivity contribution in [3.05, 3.63) is 12.2 Å². The largest absolute Gasteiger partial charge is 0.352 e. The molecule has 0 aromatic rings. The van der Waals surface area contributed by atoms with E-state index in [1.807, 2.05) is 6.08 Å². The molecule has 4 aliphatic rings. The zero-order chi connectivity index (χ0) is 17.3. The van der Waals surface area contributed by atoms with Crippen LogP contribution in [0.25, 0.3) is 0 Å². The highest BCUT2D eigenvalue weighted by atomic mass is 32.2. The Bertz CT molecular complexity index is 700. The van der Waals surface area contributed by atoms with Gasteiger partial charge in [-0.2, -0.15) is 0 Å². The van der Waals surface area contributed by atoms with Gasteiger partial charge >= 0.3 is 0 Å². The molecule has 0 aromatic carbocycles. The van der Waals surface area contributed by atoms with Crippen LogP contribution in [0.1, 0.15) is 39.5 Å². The number of methoxy groups -OCH3 is 1. The highest BCUT2D eigenvalue weighted by molar-refractivity contribution is 7.90. The SMILES string of the molecule is CO[C@@H]1C=CC[C@@H](C(=O)N2[C@@H]3C[C@H]4CC[C@]3(CS2(=O)=O)C4(C)C)O1. The van der Waals surface area contributed by atoms with Crippen molar-refractivity contribution < 1.29 is 22.7 Å². The lowest BCUT2D eigenvalue weighted by Gasteiger charge is -2.37. The van der Waals surface area contributed by atoms with Crippen molar-refractivity contribution in [2.24, 2.45) is 16.7 Å². The minimum Gasteiger partial charge on any atom is -0.352 e. The van der Waals surface area contributed by atoms with Crippen molar-refractivity contribution in [1.29, 1.82) is 0 Å². The third kappa shape index (κ3) is 1.95. The lowest BCUT2D eigenvalue weighted by Crippen LogP contribution is -2.49. The molecule has 24 heavy (non-hydrogen) atoms. The molecule has 1 amide bonds. The van der Waals surface area contributed by atoms with E-state index in [1.54, 1.807) is 6.08 Å².